The Bertz CT molecular complexity index is 561. The molecule has 5 nitrogen and oxygen atoms in total. The van der Waals surface area contributed by atoms with Crippen LogP contribution in [-0.2, 0) is 0 Å². The van der Waals surface area contributed by atoms with Crippen molar-refractivity contribution in [2.24, 2.45) is 0 Å². The molecule has 108 valence electrons. The van der Waals surface area contributed by atoms with E-state index in [0.29, 0.717) is 6.04 Å². The molecule has 1 aliphatic heterocycles. The van der Waals surface area contributed by atoms with Crippen LogP contribution in [0.4, 0.5) is 5.95 Å². The highest BCUT2D eigenvalue weighted by molar-refractivity contribution is 7.15. The van der Waals surface area contributed by atoms with Gasteiger partial charge in [0.1, 0.15) is 0 Å². The van der Waals surface area contributed by atoms with E-state index in [1.807, 2.05) is 7.05 Å². The number of rotatable bonds is 3. The molecule has 0 amide bonds. The third-order valence-electron chi connectivity index (χ3n) is 4.06. The first-order valence-electron chi connectivity index (χ1n) is 7.09. The van der Waals surface area contributed by atoms with Crippen molar-refractivity contribution in [2.75, 3.05) is 25.0 Å². The van der Waals surface area contributed by atoms with Gasteiger partial charge in [0.2, 0.25) is 5.95 Å². The summed E-state index contributed by atoms with van der Waals surface area (Å²) in [6.45, 7) is 6.31. The summed E-state index contributed by atoms with van der Waals surface area (Å²) < 4.78 is 0. The van der Waals surface area contributed by atoms with E-state index >= 15 is 0 Å². The van der Waals surface area contributed by atoms with Gasteiger partial charge in [-0.15, -0.1) is 16.4 Å². The zero-order valence-electron chi connectivity index (χ0n) is 12.2. The van der Waals surface area contributed by atoms with Crippen molar-refractivity contribution in [1.82, 2.24) is 20.5 Å². The van der Waals surface area contributed by atoms with E-state index < -0.39 is 0 Å². The summed E-state index contributed by atoms with van der Waals surface area (Å²) in [6, 6.07) is 2.81. The number of nitrogens with one attached hydrogen (secondary N) is 2. The number of H-pyrrole nitrogens is 1. The predicted molar refractivity (Wildman–Crippen MR) is 83.5 cm³/mol. The van der Waals surface area contributed by atoms with E-state index in [2.05, 4.69) is 45.3 Å². The van der Waals surface area contributed by atoms with Crippen LogP contribution in [0, 0.1) is 13.8 Å². The Labute approximate surface area is 123 Å². The Kier molecular flexibility index (Phi) is 3.76. The van der Waals surface area contributed by atoms with Crippen LogP contribution in [0.3, 0.4) is 0 Å². The molecule has 3 rings (SSSR count). The third-order valence-corrected chi connectivity index (χ3v) is 5.22. The van der Waals surface area contributed by atoms with Gasteiger partial charge in [-0.3, -0.25) is 5.10 Å². The van der Waals surface area contributed by atoms with Gasteiger partial charge >= 0.3 is 0 Å². The lowest BCUT2D eigenvalue weighted by Gasteiger charge is -2.30. The Morgan fingerprint density at radius 2 is 2.10 bits per heavy atom. The zero-order chi connectivity index (χ0) is 14.1. The summed E-state index contributed by atoms with van der Waals surface area (Å²) in [6.07, 6.45) is 2.30. The number of nitrogens with zero attached hydrogens (tertiary/aromatic N) is 3. The molecule has 1 aliphatic rings. The smallest absolute Gasteiger partial charge is 0.245 e. The Hall–Kier alpha value is -1.40. The van der Waals surface area contributed by atoms with Crippen LogP contribution in [0.2, 0.25) is 0 Å². The lowest BCUT2D eigenvalue weighted by atomic mass is 10.1. The summed E-state index contributed by atoms with van der Waals surface area (Å²) in [4.78, 5) is 9.43. The summed E-state index contributed by atoms with van der Waals surface area (Å²) in [5, 5.41) is 10.8. The van der Waals surface area contributed by atoms with Crippen molar-refractivity contribution < 1.29 is 0 Å². The molecule has 20 heavy (non-hydrogen) atoms. The molecule has 3 heterocycles. The monoisotopic (exact) mass is 291 g/mol. The van der Waals surface area contributed by atoms with Gasteiger partial charge in [0, 0.05) is 24.0 Å². The average molecular weight is 291 g/mol. The van der Waals surface area contributed by atoms with E-state index in [1.54, 1.807) is 11.3 Å². The highest BCUT2D eigenvalue weighted by Crippen LogP contribution is 2.29. The highest BCUT2D eigenvalue weighted by atomic mass is 32.1. The lowest BCUT2D eigenvalue weighted by molar-refractivity contribution is 0.439. The number of hydrogen-bond donors (Lipinski definition) is 2. The molecule has 0 saturated carbocycles. The topological polar surface area (TPSA) is 56.8 Å². The number of hydrogen-bond acceptors (Lipinski definition) is 5. The molecule has 2 N–H and O–H groups in total. The van der Waals surface area contributed by atoms with Crippen molar-refractivity contribution in [3.05, 3.63) is 16.5 Å². The molecule has 2 aromatic heterocycles. The fraction of sp³-hybridized carbons (Fsp3) is 0.571. The molecule has 1 saturated heterocycles. The van der Waals surface area contributed by atoms with E-state index in [9.17, 15) is 0 Å². The average Bonchev–Trinajstić information content (AvgIpc) is 3.07. The van der Waals surface area contributed by atoms with Gasteiger partial charge in [-0.25, -0.2) is 0 Å². The second-order valence-corrected chi connectivity index (χ2v) is 6.64. The second-order valence-electron chi connectivity index (χ2n) is 5.38. The standard InChI is InChI=1S/C14H21N5S/c1-9-8-12(20-10(9)2)13-16-14(18-17-13)19-6-4-11(15-3)5-7-19/h8,11,15H,4-7H2,1-3H3,(H,16,17,18). The molecule has 0 aliphatic carbocycles. The first-order valence-corrected chi connectivity index (χ1v) is 7.91. The first-order chi connectivity index (χ1) is 9.67. The minimum Gasteiger partial charge on any atom is -0.339 e. The van der Waals surface area contributed by atoms with E-state index in [4.69, 9.17) is 0 Å². The van der Waals surface area contributed by atoms with Gasteiger partial charge in [0.15, 0.2) is 5.82 Å². The number of aromatic nitrogens is 3. The maximum Gasteiger partial charge on any atom is 0.245 e. The van der Waals surface area contributed by atoms with Gasteiger partial charge in [0.05, 0.1) is 4.88 Å². The van der Waals surface area contributed by atoms with Gasteiger partial charge in [0.25, 0.3) is 0 Å². The van der Waals surface area contributed by atoms with Crippen molar-refractivity contribution in [3.8, 4) is 10.7 Å². The van der Waals surface area contributed by atoms with Crippen LogP contribution in [-0.4, -0.2) is 41.4 Å². The predicted octanol–water partition coefficient (Wildman–Crippen LogP) is 2.34. The van der Waals surface area contributed by atoms with Gasteiger partial charge in [-0.1, -0.05) is 0 Å². The summed E-state index contributed by atoms with van der Waals surface area (Å²) >= 11 is 1.77. The van der Waals surface area contributed by atoms with Crippen molar-refractivity contribution in [1.29, 1.82) is 0 Å². The van der Waals surface area contributed by atoms with Crippen molar-refractivity contribution >= 4 is 17.3 Å². The van der Waals surface area contributed by atoms with E-state index in [1.165, 1.54) is 15.3 Å². The number of aromatic amines is 1. The van der Waals surface area contributed by atoms with Crippen LogP contribution in [0.1, 0.15) is 23.3 Å². The van der Waals surface area contributed by atoms with Crippen molar-refractivity contribution in [3.63, 3.8) is 0 Å². The van der Waals surface area contributed by atoms with Gasteiger partial charge < -0.3 is 10.2 Å². The van der Waals surface area contributed by atoms with Crippen molar-refractivity contribution in [2.45, 2.75) is 32.7 Å². The normalized spacial score (nSPS) is 16.9. The number of thiophene rings is 1. The Morgan fingerprint density at radius 1 is 1.35 bits per heavy atom. The first kappa shape index (κ1) is 13.6. The van der Waals surface area contributed by atoms with Crippen LogP contribution in [0.15, 0.2) is 6.07 Å². The van der Waals surface area contributed by atoms with Crippen LogP contribution < -0.4 is 10.2 Å². The Balaban J connectivity index is 1.74. The van der Waals surface area contributed by atoms with Gasteiger partial charge in [-0.2, -0.15) is 4.98 Å². The summed E-state index contributed by atoms with van der Waals surface area (Å²) in [5.41, 5.74) is 1.32. The second kappa shape index (κ2) is 5.54. The fourth-order valence-electron chi connectivity index (χ4n) is 2.56. The molecular formula is C14H21N5S. The molecular weight excluding hydrogens is 270 g/mol. The maximum absolute atomic E-state index is 4.66. The highest BCUT2D eigenvalue weighted by Gasteiger charge is 2.21. The van der Waals surface area contributed by atoms with Gasteiger partial charge in [-0.05, 0) is 45.4 Å². The molecule has 1 fully saturated rings. The quantitative estimate of drug-likeness (QED) is 0.911. The number of piperidine rings is 1. The minimum absolute atomic E-state index is 0.632. The van der Waals surface area contributed by atoms with E-state index in [-0.39, 0.29) is 0 Å². The minimum atomic E-state index is 0.632. The molecule has 0 radical (unpaired) electrons. The SMILES string of the molecule is CNC1CCN(c2n[nH]c(-c3cc(C)c(C)s3)n2)CC1. The molecule has 0 atom stereocenters. The fourth-order valence-corrected chi connectivity index (χ4v) is 3.54. The Morgan fingerprint density at radius 3 is 2.70 bits per heavy atom. The molecule has 0 aromatic carbocycles. The molecule has 0 bridgehead atoms. The molecule has 6 heteroatoms. The molecule has 0 unspecified atom stereocenters. The van der Waals surface area contributed by atoms with E-state index in [0.717, 1.165) is 37.7 Å². The molecule has 0 spiro atoms. The summed E-state index contributed by atoms with van der Waals surface area (Å²) in [7, 11) is 2.03. The lowest BCUT2D eigenvalue weighted by Crippen LogP contribution is -2.41. The largest absolute Gasteiger partial charge is 0.339 e. The third kappa shape index (κ3) is 2.58. The van der Waals surface area contributed by atoms with Crippen LogP contribution >= 0.6 is 11.3 Å². The van der Waals surface area contributed by atoms with Crippen LogP contribution in [0.5, 0.6) is 0 Å². The summed E-state index contributed by atoms with van der Waals surface area (Å²) in [5.74, 6) is 1.72. The zero-order valence-corrected chi connectivity index (χ0v) is 13.0. The number of aryl methyl sites for hydroxylation is 2. The maximum atomic E-state index is 4.66. The van der Waals surface area contributed by atoms with Crippen LogP contribution in [0.25, 0.3) is 10.7 Å². The number of anilines is 1. The molecule has 2 aromatic rings.